The van der Waals surface area contributed by atoms with Crippen molar-refractivity contribution in [2.24, 2.45) is 17.8 Å². The second-order valence-corrected chi connectivity index (χ2v) is 11.9. The third-order valence-electron chi connectivity index (χ3n) is 8.32. The van der Waals surface area contributed by atoms with E-state index >= 15 is 0 Å². The first-order chi connectivity index (χ1) is 20.4. The van der Waals surface area contributed by atoms with Crippen molar-refractivity contribution in [2.75, 3.05) is 14.1 Å². The zero-order chi connectivity index (χ0) is 31.5. The molecule has 0 bridgehead atoms. The maximum Gasteiger partial charge on any atom is 0.284 e. The second kappa shape index (κ2) is 12.8. The van der Waals surface area contributed by atoms with Gasteiger partial charge in [-0.3, -0.25) is 19.2 Å². The van der Waals surface area contributed by atoms with E-state index in [1.165, 1.54) is 14.1 Å². The Hall–Kier alpha value is -3.80. The van der Waals surface area contributed by atoms with Gasteiger partial charge in [-0.1, -0.05) is 88.4 Å². The first-order valence-corrected chi connectivity index (χ1v) is 14.6. The average Bonchev–Trinajstić information content (AvgIpc) is 3.00. The number of amides is 4. The van der Waals surface area contributed by atoms with Gasteiger partial charge in [0.25, 0.3) is 11.7 Å². The Bertz CT molecular complexity index is 1320. The summed E-state index contributed by atoms with van der Waals surface area (Å²) in [5.74, 6) is -5.85. The van der Waals surface area contributed by atoms with Crippen LogP contribution in [-0.4, -0.2) is 66.3 Å². The summed E-state index contributed by atoms with van der Waals surface area (Å²) >= 11 is 0. The number of aliphatic hydroxyl groups is 1. The molecule has 11 heteroatoms. The molecule has 2 fully saturated rings. The summed E-state index contributed by atoms with van der Waals surface area (Å²) in [6.45, 7) is 7.20. The smallest absolute Gasteiger partial charge is 0.284 e. The van der Waals surface area contributed by atoms with Crippen LogP contribution in [0.4, 0.5) is 0 Å². The van der Waals surface area contributed by atoms with Crippen LogP contribution in [-0.2, 0) is 28.7 Å². The van der Waals surface area contributed by atoms with Gasteiger partial charge in [0.2, 0.25) is 17.7 Å². The molecule has 2 aromatic rings. The Morgan fingerprint density at radius 3 is 1.74 bits per heavy atom. The number of carbonyl (C=O) groups excluding carboxylic acids is 4. The minimum Gasteiger partial charge on any atom is -0.380 e. The van der Waals surface area contributed by atoms with E-state index in [2.05, 4.69) is 21.3 Å². The zero-order valence-corrected chi connectivity index (χ0v) is 25.4. The monoisotopic (exact) mass is 594 g/mol. The van der Waals surface area contributed by atoms with Crippen LogP contribution in [0.15, 0.2) is 60.7 Å². The number of hydrogen-bond donors (Lipinski definition) is 5. The van der Waals surface area contributed by atoms with Gasteiger partial charge < -0.3 is 35.8 Å². The fourth-order valence-corrected chi connectivity index (χ4v) is 5.88. The summed E-state index contributed by atoms with van der Waals surface area (Å²) in [6, 6.07) is 16.0. The van der Waals surface area contributed by atoms with E-state index in [4.69, 9.17) is 9.47 Å². The van der Waals surface area contributed by atoms with Crippen molar-refractivity contribution in [3.63, 3.8) is 0 Å². The molecule has 7 atom stereocenters. The standard InChI is InChI=1S/C32H42N4O7/c1-18(2)23(28(38)33-5)35-27(37)22-17-31(41)26(21-15-11-8-12-16-21)43-32(31,42-25(22)20-13-9-7-10-14-20)30(40)36-24(19(3)4)29(39)34-6/h7-16,18-19,22-26,41H,17H2,1-6H3,(H,33,38)(H,34,39)(H,35,37)(H,36,40)/t22-,23+,24+,25?,26?,31-,32+/m1/s1. The van der Waals surface area contributed by atoms with Gasteiger partial charge in [0.15, 0.2) is 5.60 Å². The normalized spacial score (nSPS) is 27.7. The lowest BCUT2D eigenvalue weighted by molar-refractivity contribution is -0.460. The number of hydrogen-bond acceptors (Lipinski definition) is 7. The molecule has 4 amide bonds. The summed E-state index contributed by atoms with van der Waals surface area (Å²) in [7, 11) is 2.97. The van der Waals surface area contributed by atoms with E-state index in [0.29, 0.717) is 11.1 Å². The fourth-order valence-electron chi connectivity index (χ4n) is 5.88. The van der Waals surface area contributed by atoms with Gasteiger partial charge in [0.05, 0.1) is 12.0 Å². The third-order valence-corrected chi connectivity index (χ3v) is 8.32. The van der Waals surface area contributed by atoms with E-state index in [0.717, 1.165) is 0 Å². The summed E-state index contributed by atoms with van der Waals surface area (Å²) in [6.07, 6.45) is -2.27. The molecule has 4 rings (SSSR count). The molecule has 2 saturated heterocycles. The number of benzene rings is 2. The van der Waals surface area contributed by atoms with Gasteiger partial charge in [-0.25, -0.2) is 0 Å². The van der Waals surface area contributed by atoms with E-state index < -0.39 is 59.3 Å². The second-order valence-electron chi connectivity index (χ2n) is 11.9. The highest BCUT2D eigenvalue weighted by Crippen LogP contribution is 2.61. The van der Waals surface area contributed by atoms with Crippen LogP contribution in [0, 0.1) is 17.8 Å². The first kappa shape index (κ1) is 32.1. The minimum absolute atomic E-state index is 0.224. The number of carbonyl (C=O) groups is 4. The Labute approximate surface area is 252 Å². The van der Waals surface area contributed by atoms with Gasteiger partial charge in [0.1, 0.15) is 18.2 Å². The Kier molecular flexibility index (Phi) is 9.58. The minimum atomic E-state index is -2.23. The third kappa shape index (κ3) is 5.89. The quantitative estimate of drug-likeness (QED) is 0.281. The molecular weight excluding hydrogens is 552 g/mol. The molecule has 232 valence electrons. The van der Waals surface area contributed by atoms with Crippen molar-refractivity contribution in [3.05, 3.63) is 71.8 Å². The number of nitrogens with one attached hydrogen (secondary N) is 4. The number of rotatable bonds is 10. The SMILES string of the molecule is CNC(=O)[C@@H](NC(=O)[C@@H]1C[C@@]2(O)C(c3ccccc3)O[C@]2(C(=O)N[C@H](C(=O)NC)C(C)C)OC1c1ccccc1)C(C)C. The van der Waals surface area contributed by atoms with Crippen molar-refractivity contribution in [2.45, 2.75) is 69.8 Å². The van der Waals surface area contributed by atoms with Crippen LogP contribution in [0.5, 0.6) is 0 Å². The van der Waals surface area contributed by atoms with Crippen LogP contribution in [0.2, 0.25) is 0 Å². The molecule has 0 aliphatic carbocycles. The lowest BCUT2D eigenvalue weighted by atomic mass is 9.67. The van der Waals surface area contributed by atoms with Crippen molar-refractivity contribution >= 4 is 23.6 Å². The molecule has 5 N–H and O–H groups in total. The van der Waals surface area contributed by atoms with Crippen LogP contribution in [0.3, 0.4) is 0 Å². The van der Waals surface area contributed by atoms with Gasteiger partial charge >= 0.3 is 0 Å². The van der Waals surface area contributed by atoms with E-state index in [1.807, 2.05) is 26.0 Å². The van der Waals surface area contributed by atoms with E-state index in [9.17, 15) is 24.3 Å². The van der Waals surface area contributed by atoms with Gasteiger partial charge in [0, 0.05) is 14.1 Å². The van der Waals surface area contributed by atoms with Crippen molar-refractivity contribution in [1.29, 1.82) is 0 Å². The molecule has 2 aliphatic heterocycles. The molecule has 0 saturated carbocycles. The molecule has 2 heterocycles. The number of fused-ring (bicyclic) bond motifs is 1. The predicted molar refractivity (Wildman–Crippen MR) is 158 cm³/mol. The van der Waals surface area contributed by atoms with Gasteiger partial charge in [-0.2, -0.15) is 0 Å². The van der Waals surface area contributed by atoms with Gasteiger partial charge in [-0.05, 0) is 29.4 Å². The zero-order valence-electron chi connectivity index (χ0n) is 25.4. The highest BCUT2D eigenvalue weighted by molar-refractivity contribution is 5.93. The summed E-state index contributed by atoms with van der Waals surface area (Å²) in [4.78, 5) is 53.3. The maximum absolute atomic E-state index is 14.1. The van der Waals surface area contributed by atoms with Crippen LogP contribution < -0.4 is 21.3 Å². The molecule has 11 nitrogen and oxygen atoms in total. The molecule has 43 heavy (non-hydrogen) atoms. The largest absolute Gasteiger partial charge is 0.380 e. The summed E-state index contributed by atoms with van der Waals surface area (Å²) < 4.78 is 12.7. The number of likely N-dealkylation sites (N-methyl/N-ethyl adjacent to an activating group) is 2. The predicted octanol–water partition coefficient (Wildman–Crippen LogP) is 1.74. The Morgan fingerprint density at radius 2 is 1.26 bits per heavy atom. The molecular formula is C32H42N4O7. The lowest BCUT2D eigenvalue weighted by Crippen LogP contribution is -2.80. The van der Waals surface area contributed by atoms with Crippen molar-refractivity contribution < 1.29 is 33.8 Å². The van der Waals surface area contributed by atoms with Crippen LogP contribution in [0.25, 0.3) is 0 Å². The van der Waals surface area contributed by atoms with Gasteiger partial charge in [-0.15, -0.1) is 0 Å². The molecule has 2 unspecified atom stereocenters. The summed E-state index contributed by atoms with van der Waals surface area (Å²) in [5.41, 5.74) is -0.834. The topological polar surface area (TPSA) is 155 Å². The molecule has 2 aliphatic rings. The van der Waals surface area contributed by atoms with Crippen LogP contribution >= 0.6 is 0 Å². The molecule has 0 aromatic heterocycles. The lowest BCUT2D eigenvalue weighted by Gasteiger charge is -2.63. The Balaban J connectivity index is 1.79. The average molecular weight is 595 g/mol. The summed E-state index contributed by atoms with van der Waals surface area (Å²) in [5, 5.41) is 23.1. The fraction of sp³-hybridized carbons (Fsp3) is 0.500. The highest BCUT2D eigenvalue weighted by atomic mass is 16.8. The maximum atomic E-state index is 14.1. The Morgan fingerprint density at radius 1 is 0.767 bits per heavy atom. The molecule has 0 spiro atoms. The first-order valence-electron chi connectivity index (χ1n) is 14.6. The van der Waals surface area contributed by atoms with E-state index in [1.54, 1.807) is 62.4 Å². The van der Waals surface area contributed by atoms with Crippen molar-refractivity contribution in [1.82, 2.24) is 21.3 Å². The highest BCUT2D eigenvalue weighted by Gasteiger charge is 2.77. The van der Waals surface area contributed by atoms with E-state index in [-0.39, 0.29) is 24.2 Å². The van der Waals surface area contributed by atoms with Crippen molar-refractivity contribution in [3.8, 4) is 0 Å². The number of ether oxygens (including phenoxy) is 2. The molecule has 0 radical (unpaired) electrons. The van der Waals surface area contributed by atoms with Crippen LogP contribution in [0.1, 0.15) is 57.5 Å². The molecule has 2 aromatic carbocycles.